The van der Waals surface area contributed by atoms with Crippen LogP contribution in [0.5, 0.6) is 0 Å². The summed E-state index contributed by atoms with van der Waals surface area (Å²) in [5.74, 6) is -1.70. The zero-order valence-electron chi connectivity index (χ0n) is 15.9. The minimum Gasteiger partial charge on any atom is -0.353 e. The molecule has 0 unspecified atom stereocenters. The van der Waals surface area contributed by atoms with Gasteiger partial charge in [-0.15, -0.1) is 0 Å². The quantitative estimate of drug-likeness (QED) is 0.705. The number of hydrogen-bond donors (Lipinski definition) is 2. The number of carbonyl (C=O) groups excluding carboxylic acids is 4. The molecule has 1 heterocycles. The normalized spacial score (nSPS) is 15.9. The molecule has 1 fully saturated rings. The first-order valence-electron chi connectivity index (χ1n) is 8.64. The fraction of sp³-hybridized carbons (Fsp3) is 0.368. The first-order valence-corrected chi connectivity index (χ1v) is 9.46. The van der Waals surface area contributed by atoms with Crippen LogP contribution in [-0.2, 0) is 14.4 Å². The fourth-order valence-electron chi connectivity index (χ4n) is 2.22. The molecule has 2 rings (SSSR count). The highest BCUT2D eigenvalue weighted by atomic mass is 32.2. The molecule has 0 spiro atoms. The molecule has 4 amide bonds. The first-order chi connectivity index (χ1) is 13.1. The predicted octanol–water partition coefficient (Wildman–Crippen LogP) is 2.14. The molecule has 28 heavy (non-hydrogen) atoms. The lowest BCUT2D eigenvalue weighted by atomic mass is 9.96. The van der Waals surface area contributed by atoms with Crippen molar-refractivity contribution < 1.29 is 23.6 Å². The van der Waals surface area contributed by atoms with E-state index in [0.717, 1.165) is 16.7 Å². The molecule has 0 saturated carbocycles. The van der Waals surface area contributed by atoms with Gasteiger partial charge in [-0.1, -0.05) is 39.0 Å². The van der Waals surface area contributed by atoms with E-state index in [0.29, 0.717) is 0 Å². The van der Waals surface area contributed by atoms with Crippen LogP contribution in [0.25, 0.3) is 6.08 Å². The monoisotopic (exact) mass is 407 g/mol. The molecule has 1 aliphatic heterocycles. The summed E-state index contributed by atoms with van der Waals surface area (Å²) in [5, 5.41) is 4.57. The van der Waals surface area contributed by atoms with Gasteiger partial charge in [0.2, 0.25) is 11.8 Å². The molecule has 0 radical (unpaired) electrons. The summed E-state index contributed by atoms with van der Waals surface area (Å²) in [5.41, 5.74) is -0.386. The number of thioether (sulfide) groups is 1. The fourth-order valence-corrected chi connectivity index (χ4v) is 3.08. The second-order valence-electron chi connectivity index (χ2n) is 7.14. The van der Waals surface area contributed by atoms with Gasteiger partial charge in [0.25, 0.3) is 11.1 Å². The summed E-state index contributed by atoms with van der Waals surface area (Å²) < 4.78 is 13.7. The number of nitrogens with one attached hydrogen (secondary N) is 2. The van der Waals surface area contributed by atoms with Gasteiger partial charge in [-0.2, -0.15) is 0 Å². The maximum Gasteiger partial charge on any atom is 0.293 e. The summed E-state index contributed by atoms with van der Waals surface area (Å²) >= 11 is 0.723. The zero-order chi connectivity index (χ0) is 20.9. The number of hydrogen-bond acceptors (Lipinski definition) is 5. The van der Waals surface area contributed by atoms with Crippen LogP contribution < -0.4 is 10.6 Å². The zero-order valence-corrected chi connectivity index (χ0v) is 16.7. The molecule has 0 aromatic heterocycles. The first kappa shape index (κ1) is 21.6. The molecule has 0 atom stereocenters. The van der Waals surface area contributed by atoms with Crippen LogP contribution in [-0.4, -0.2) is 47.5 Å². The Hall–Kier alpha value is -2.68. The molecule has 1 aromatic rings. The Balaban J connectivity index is 1.86. The summed E-state index contributed by atoms with van der Waals surface area (Å²) in [7, 11) is 0. The minimum atomic E-state index is -0.604. The largest absolute Gasteiger partial charge is 0.353 e. The molecule has 2 N–H and O–H groups in total. The van der Waals surface area contributed by atoms with Crippen LogP contribution in [0.2, 0.25) is 0 Å². The van der Waals surface area contributed by atoms with Crippen LogP contribution in [0, 0.1) is 11.2 Å². The van der Waals surface area contributed by atoms with E-state index in [1.54, 1.807) is 26.8 Å². The Morgan fingerprint density at radius 1 is 1.18 bits per heavy atom. The van der Waals surface area contributed by atoms with Crippen LogP contribution in [0.15, 0.2) is 29.2 Å². The van der Waals surface area contributed by atoms with Crippen LogP contribution in [0.3, 0.4) is 0 Å². The van der Waals surface area contributed by atoms with Crippen molar-refractivity contribution in [3.8, 4) is 0 Å². The molecule has 1 saturated heterocycles. The molecule has 7 nitrogen and oxygen atoms in total. The lowest BCUT2D eigenvalue weighted by Gasteiger charge is -2.17. The maximum absolute atomic E-state index is 13.7. The van der Waals surface area contributed by atoms with E-state index in [1.807, 2.05) is 0 Å². The van der Waals surface area contributed by atoms with Gasteiger partial charge < -0.3 is 10.6 Å². The molecule has 0 bridgehead atoms. The molecule has 150 valence electrons. The van der Waals surface area contributed by atoms with E-state index in [9.17, 15) is 23.6 Å². The van der Waals surface area contributed by atoms with E-state index in [1.165, 1.54) is 24.3 Å². The van der Waals surface area contributed by atoms with Crippen molar-refractivity contribution in [3.05, 3.63) is 40.6 Å². The summed E-state index contributed by atoms with van der Waals surface area (Å²) in [6.07, 6.45) is 1.33. The topological polar surface area (TPSA) is 95.6 Å². The van der Waals surface area contributed by atoms with Gasteiger partial charge in [0.1, 0.15) is 5.82 Å². The Morgan fingerprint density at radius 2 is 1.86 bits per heavy atom. The lowest BCUT2D eigenvalue weighted by molar-refractivity contribution is -0.131. The number of imide groups is 1. The molecule has 1 aromatic carbocycles. The Morgan fingerprint density at radius 3 is 2.50 bits per heavy atom. The lowest BCUT2D eigenvalue weighted by Crippen LogP contribution is -2.44. The van der Waals surface area contributed by atoms with Gasteiger partial charge in [0.05, 0.1) is 11.4 Å². The molecule has 9 heteroatoms. The highest BCUT2D eigenvalue weighted by Gasteiger charge is 2.34. The van der Waals surface area contributed by atoms with Gasteiger partial charge in [-0.05, 0) is 23.9 Å². The standard InChI is InChI=1S/C19H22FN3O4S/c1-19(2,3)17(26)22-11-15(24)21-8-9-23-16(25)14(28-18(23)27)10-12-6-4-5-7-13(12)20/h4-7,10H,8-9,11H2,1-3H3,(H,21,24)(H,22,26)/b14-10-. The number of rotatable bonds is 6. The number of carbonyl (C=O) groups is 4. The smallest absolute Gasteiger partial charge is 0.293 e. The van der Waals surface area contributed by atoms with Crippen molar-refractivity contribution in [1.29, 1.82) is 0 Å². The third kappa shape index (κ3) is 5.66. The molecular weight excluding hydrogens is 385 g/mol. The average Bonchev–Trinajstić information content (AvgIpc) is 2.88. The van der Waals surface area contributed by atoms with Crippen molar-refractivity contribution in [3.63, 3.8) is 0 Å². The van der Waals surface area contributed by atoms with E-state index >= 15 is 0 Å². The number of nitrogens with zero attached hydrogens (tertiary/aromatic N) is 1. The van der Waals surface area contributed by atoms with E-state index in [4.69, 9.17) is 0 Å². The number of amides is 4. The van der Waals surface area contributed by atoms with Crippen molar-refractivity contribution in [2.45, 2.75) is 20.8 Å². The third-order valence-corrected chi connectivity index (χ3v) is 4.72. The number of benzene rings is 1. The third-order valence-electron chi connectivity index (χ3n) is 3.81. The summed E-state index contributed by atoms with van der Waals surface area (Å²) in [6, 6.07) is 5.94. The SMILES string of the molecule is CC(C)(C)C(=O)NCC(=O)NCCN1C(=O)S/C(=C\c2ccccc2F)C1=O. The summed E-state index contributed by atoms with van der Waals surface area (Å²) in [4.78, 5) is 49.0. The Labute approximate surface area is 166 Å². The summed E-state index contributed by atoms with van der Waals surface area (Å²) in [6.45, 7) is 5.04. The number of halogens is 1. The molecule has 1 aliphatic rings. The Kier molecular flexibility index (Phi) is 6.95. The minimum absolute atomic E-state index is 0.0156. The van der Waals surface area contributed by atoms with Gasteiger partial charge in [-0.3, -0.25) is 24.1 Å². The highest BCUT2D eigenvalue weighted by molar-refractivity contribution is 8.18. The Bertz CT molecular complexity index is 833. The maximum atomic E-state index is 13.7. The molecular formula is C19H22FN3O4S. The van der Waals surface area contributed by atoms with Crippen LogP contribution >= 0.6 is 11.8 Å². The highest BCUT2D eigenvalue weighted by Crippen LogP contribution is 2.32. The van der Waals surface area contributed by atoms with E-state index in [-0.39, 0.29) is 36.0 Å². The average molecular weight is 407 g/mol. The van der Waals surface area contributed by atoms with Gasteiger partial charge in [0.15, 0.2) is 0 Å². The van der Waals surface area contributed by atoms with E-state index in [2.05, 4.69) is 10.6 Å². The second kappa shape index (κ2) is 9.01. The van der Waals surface area contributed by atoms with Gasteiger partial charge in [0, 0.05) is 24.1 Å². The van der Waals surface area contributed by atoms with E-state index < -0.39 is 28.3 Å². The predicted molar refractivity (Wildman–Crippen MR) is 105 cm³/mol. The van der Waals surface area contributed by atoms with Crippen molar-refractivity contribution >= 4 is 40.8 Å². The van der Waals surface area contributed by atoms with Crippen molar-refractivity contribution in [1.82, 2.24) is 15.5 Å². The van der Waals surface area contributed by atoms with Crippen LogP contribution in [0.1, 0.15) is 26.3 Å². The van der Waals surface area contributed by atoms with Crippen molar-refractivity contribution in [2.75, 3.05) is 19.6 Å². The van der Waals surface area contributed by atoms with Crippen molar-refractivity contribution in [2.24, 2.45) is 5.41 Å². The van der Waals surface area contributed by atoms with Gasteiger partial charge in [-0.25, -0.2) is 4.39 Å². The van der Waals surface area contributed by atoms with Crippen LogP contribution in [0.4, 0.5) is 9.18 Å². The molecule has 0 aliphatic carbocycles. The van der Waals surface area contributed by atoms with Gasteiger partial charge >= 0.3 is 0 Å². The second-order valence-corrected chi connectivity index (χ2v) is 8.13.